The Kier molecular flexibility index (Phi) is 4.40. The van der Waals surface area contributed by atoms with Crippen LogP contribution in [0.5, 0.6) is 0 Å². The molecule has 0 aliphatic carbocycles. The summed E-state index contributed by atoms with van der Waals surface area (Å²) >= 11 is 1.57. The van der Waals surface area contributed by atoms with Gasteiger partial charge < -0.3 is 0 Å². The first-order valence-corrected chi connectivity index (χ1v) is 8.96. The second-order valence-electron chi connectivity index (χ2n) is 5.89. The molecule has 7 nitrogen and oxygen atoms in total. The standard InChI is InChI=1S/C18H16N6OS/c1-11-15(10-16(25)20-18-21-23-24-22-18)26-17(19-11)9-13-7-4-6-12-5-2-3-8-14(12)13/h2-8H,9-10H2,1H3,(H2,20,21,22,23,24,25). The van der Waals surface area contributed by atoms with Gasteiger partial charge in [-0.1, -0.05) is 47.6 Å². The summed E-state index contributed by atoms with van der Waals surface area (Å²) in [4.78, 5) is 17.7. The molecular formula is C18H16N6OS. The van der Waals surface area contributed by atoms with Gasteiger partial charge in [-0.2, -0.15) is 5.21 Å². The number of aryl methyl sites for hydroxylation is 1. The Balaban J connectivity index is 1.52. The van der Waals surface area contributed by atoms with E-state index in [1.165, 1.54) is 16.3 Å². The van der Waals surface area contributed by atoms with Crippen molar-refractivity contribution in [1.82, 2.24) is 25.6 Å². The fourth-order valence-corrected chi connectivity index (χ4v) is 3.96. The molecule has 0 saturated heterocycles. The van der Waals surface area contributed by atoms with Crippen molar-refractivity contribution >= 4 is 34.0 Å². The molecule has 0 fully saturated rings. The quantitative estimate of drug-likeness (QED) is 0.568. The van der Waals surface area contributed by atoms with Crippen molar-refractivity contribution in [3.05, 3.63) is 63.6 Å². The van der Waals surface area contributed by atoms with Gasteiger partial charge in [-0.3, -0.25) is 10.1 Å². The summed E-state index contributed by atoms with van der Waals surface area (Å²) in [5.41, 5.74) is 2.12. The minimum absolute atomic E-state index is 0.174. The number of aromatic nitrogens is 5. The SMILES string of the molecule is Cc1nc(Cc2cccc3ccccc23)sc1CC(=O)Nc1nn[nH]n1. The molecule has 0 saturated carbocycles. The number of benzene rings is 2. The van der Waals surface area contributed by atoms with Crippen LogP contribution in [0.4, 0.5) is 5.95 Å². The topological polar surface area (TPSA) is 96.5 Å². The Morgan fingerprint density at radius 2 is 2.04 bits per heavy atom. The molecule has 1 amide bonds. The van der Waals surface area contributed by atoms with Crippen molar-refractivity contribution in [2.24, 2.45) is 0 Å². The normalized spacial score (nSPS) is 11.0. The van der Waals surface area contributed by atoms with Crippen molar-refractivity contribution in [2.45, 2.75) is 19.8 Å². The third kappa shape index (κ3) is 3.45. The van der Waals surface area contributed by atoms with Gasteiger partial charge in [-0.15, -0.1) is 16.4 Å². The van der Waals surface area contributed by atoms with Crippen LogP contribution in [0, 0.1) is 6.92 Å². The number of carbonyl (C=O) groups is 1. The number of nitrogens with one attached hydrogen (secondary N) is 2. The number of hydrogen-bond acceptors (Lipinski definition) is 6. The van der Waals surface area contributed by atoms with E-state index in [0.717, 1.165) is 22.0 Å². The average molecular weight is 364 g/mol. The molecule has 4 aromatic rings. The molecule has 0 atom stereocenters. The molecule has 0 unspecified atom stereocenters. The molecule has 2 aromatic carbocycles. The van der Waals surface area contributed by atoms with Crippen molar-refractivity contribution in [3.8, 4) is 0 Å². The maximum absolute atomic E-state index is 12.1. The van der Waals surface area contributed by atoms with Crippen LogP contribution in [0.1, 0.15) is 21.1 Å². The van der Waals surface area contributed by atoms with E-state index in [1.807, 2.05) is 19.1 Å². The van der Waals surface area contributed by atoms with Crippen molar-refractivity contribution in [2.75, 3.05) is 5.32 Å². The molecule has 2 heterocycles. The lowest BCUT2D eigenvalue weighted by Crippen LogP contribution is -2.15. The Morgan fingerprint density at radius 1 is 1.19 bits per heavy atom. The van der Waals surface area contributed by atoms with Crippen LogP contribution in [-0.4, -0.2) is 31.5 Å². The van der Waals surface area contributed by atoms with Gasteiger partial charge in [-0.25, -0.2) is 4.98 Å². The Bertz CT molecular complexity index is 1050. The fourth-order valence-electron chi connectivity index (χ4n) is 2.87. The van der Waals surface area contributed by atoms with Crippen molar-refractivity contribution in [3.63, 3.8) is 0 Å². The van der Waals surface area contributed by atoms with Crippen LogP contribution >= 0.6 is 11.3 Å². The highest BCUT2D eigenvalue weighted by atomic mass is 32.1. The number of tetrazole rings is 1. The van der Waals surface area contributed by atoms with Crippen LogP contribution in [0.15, 0.2) is 42.5 Å². The van der Waals surface area contributed by atoms with Crippen LogP contribution in [0.25, 0.3) is 10.8 Å². The summed E-state index contributed by atoms with van der Waals surface area (Å²) in [5, 5.41) is 19.2. The minimum atomic E-state index is -0.185. The molecule has 4 rings (SSSR count). The van der Waals surface area contributed by atoms with Gasteiger partial charge in [0.1, 0.15) is 0 Å². The number of thiazole rings is 1. The Labute approximate surface area is 153 Å². The fraction of sp³-hybridized carbons (Fsp3) is 0.167. The van der Waals surface area contributed by atoms with Crippen LogP contribution in [0.2, 0.25) is 0 Å². The molecule has 2 N–H and O–H groups in total. The zero-order valence-corrected chi connectivity index (χ0v) is 14.9. The Hall–Kier alpha value is -3.13. The van der Waals surface area contributed by atoms with E-state index in [4.69, 9.17) is 0 Å². The van der Waals surface area contributed by atoms with Gasteiger partial charge in [0, 0.05) is 11.3 Å². The first kappa shape index (κ1) is 16.3. The summed E-state index contributed by atoms with van der Waals surface area (Å²) in [6, 6.07) is 14.6. The number of nitrogens with zero attached hydrogens (tertiary/aromatic N) is 4. The number of H-pyrrole nitrogens is 1. The van der Waals surface area contributed by atoms with Crippen LogP contribution in [-0.2, 0) is 17.6 Å². The first-order chi connectivity index (χ1) is 12.7. The minimum Gasteiger partial charge on any atom is -0.292 e. The van der Waals surface area contributed by atoms with E-state index in [9.17, 15) is 4.79 Å². The van der Waals surface area contributed by atoms with E-state index in [0.29, 0.717) is 0 Å². The van der Waals surface area contributed by atoms with E-state index in [2.05, 4.69) is 61.3 Å². The lowest BCUT2D eigenvalue weighted by Gasteiger charge is -2.04. The zero-order chi connectivity index (χ0) is 17.9. The zero-order valence-electron chi connectivity index (χ0n) is 14.1. The van der Waals surface area contributed by atoms with Crippen LogP contribution in [0.3, 0.4) is 0 Å². The number of anilines is 1. The summed E-state index contributed by atoms with van der Waals surface area (Å²) in [5.74, 6) is -0.0111. The van der Waals surface area contributed by atoms with E-state index in [1.54, 1.807) is 11.3 Å². The number of hydrogen-bond donors (Lipinski definition) is 2. The summed E-state index contributed by atoms with van der Waals surface area (Å²) in [7, 11) is 0. The molecule has 0 radical (unpaired) electrons. The van der Waals surface area contributed by atoms with E-state index < -0.39 is 0 Å². The molecule has 8 heteroatoms. The summed E-state index contributed by atoms with van der Waals surface area (Å²) in [6.45, 7) is 1.93. The number of aromatic amines is 1. The highest BCUT2D eigenvalue weighted by molar-refractivity contribution is 7.11. The Morgan fingerprint density at radius 3 is 2.88 bits per heavy atom. The second kappa shape index (κ2) is 7.01. The van der Waals surface area contributed by atoms with Gasteiger partial charge in [0.2, 0.25) is 5.91 Å². The molecule has 0 bridgehead atoms. The molecular weight excluding hydrogens is 348 g/mol. The molecule has 130 valence electrons. The van der Waals surface area contributed by atoms with Gasteiger partial charge >= 0.3 is 0 Å². The van der Waals surface area contributed by atoms with E-state index >= 15 is 0 Å². The van der Waals surface area contributed by atoms with E-state index in [-0.39, 0.29) is 18.3 Å². The maximum Gasteiger partial charge on any atom is 0.269 e. The molecule has 26 heavy (non-hydrogen) atoms. The predicted molar refractivity (Wildman–Crippen MR) is 100 cm³/mol. The largest absolute Gasteiger partial charge is 0.292 e. The third-order valence-corrected chi connectivity index (χ3v) is 5.23. The summed E-state index contributed by atoms with van der Waals surface area (Å²) in [6.07, 6.45) is 0.993. The average Bonchev–Trinajstić information content (AvgIpc) is 3.25. The highest BCUT2D eigenvalue weighted by Crippen LogP contribution is 2.25. The van der Waals surface area contributed by atoms with Crippen LogP contribution < -0.4 is 5.32 Å². The van der Waals surface area contributed by atoms with Gasteiger partial charge in [0.15, 0.2) is 0 Å². The van der Waals surface area contributed by atoms with Gasteiger partial charge in [-0.05, 0) is 28.5 Å². The smallest absolute Gasteiger partial charge is 0.269 e. The van der Waals surface area contributed by atoms with Crippen molar-refractivity contribution in [1.29, 1.82) is 0 Å². The summed E-state index contributed by atoms with van der Waals surface area (Å²) < 4.78 is 0. The first-order valence-electron chi connectivity index (χ1n) is 8.14. The third-order valence-electron chi connectivity index (χ3n) is 4.08. The molecule has 2 aromatic heterocycles. The second-order valence-corrected chi connectivity index (χ2v) is 7.06. The number of amides is 1. The maximum atomic E-state index is 12.1. The molecule has 0 aliphatic rings. The highest BCUT2D eigenvalue weighted by Gasteiger charge is 2.14. The molecule has 0 aliphatic heterocycles. The van der Waals surface area contributed by atoms with Gasteiger partial charge in [0.05, 0.1) is 17.1 Å². The lowest BCUT2D eigenvalue weighted by molar-refractivity contribution is -0.115. The number of rotatable bonds is 5. The lowest BCUT2D eigenvalue weighted by atomic mass is 10.0. The number of carbonyl (C=O) groups excluding carboxylic acids is 1. The number of fused-ring (bicyclic) bond motifs is 1. The monoisotopic (exact) mass is 364 g/mol. The molecule has 0 spiro atoms. The van der Waals surface area contributed by atoms with Crippen molar-refractivity contribution < 1.29 is 4.79 Å². The predicted octanol–water partition coefficient (Wildman–Crippen LogP) is 2.89. The van der Waals surface area contributed by atoms with Gasteiger partial charge in [0.25, 0.3) is 5.95 Å².